The molecule has 2 aromatic rings. The summed E-state index contributed by atoms with van der Waals surface area (Å²) in [7, 11) is 0. The molecule has 1 unspecified atom stereocenters. The molecule has 1 saturated heterocycles. The quantitative estimate of drug-likeness (QED) is 0.877. The summed E-state index contributed by atoms with van der Waals surface area (Å²) in [5.74, 6) is 0. The minimum absolute atomic E-state index is 0.138. The number of rotatable bonds is 1. The molecule has 1 aliphatic heterocycles. The van der Waals surface area contributed by atoms with Crippen LogP contribution in [0, 0.1) is 0 Å². The fourth-order valence-electron chi connectivity index (χ4n) is 2.36. The van der Waals surface area contributed by atoms with E-state index >= 15 is 0 Å². The number of carbonyl (C=O) groups is 1. The van der Waals surface area contributed by atoms with E-state index in [1.807, 2.05) is 16.8 Å². The second-order valence-corrected chi connectivity index (χ2v) is 5.09. The third-order valence-corrected chi connectivity index (χ3v) is 3.58. The lowest BCUT2D eigenvalue weighted by atomic mass is 10.2. The van der Waals surface area contributed by atoms with Crippen molar-refractivity contribution in [2.24, 2.45) is 0 Å². The van der Waals surface area contributed by atoms with Crippen LogP contribution in [0.2, 0.25) is 0 Å². The number of likely N-dealkylation sites (tertiary alicyclic amines) is 1. The Bertz CT molecular complexity index is 612. The summed E-state index contributed by atoms with van der Waals surface area (Å²) in [6, 6.07) is -0.138. The molecular weight excluding hydrogens is 300 g/mol. The molecule has 0 bridgehead atoms. The molecule has 7 heteroatoms. The van der Waals surface area contributed by atoms with Gasteiger partial charge in [0.05, 0.1) is 17.9 Å². The Labute approximate surface area is 111 Å². The molecule has 3 heterocycles. The van der Waals surface area contributed by atoms with Gasteiger partial charge < -0.3 is 9.51 Å². The summed E-state index contributed by atoms with van der Waals surface area (Å²) in [5.41, 5.74) is 1.51. The highest BCUT2D eigenvalue weighted by atomic mass is 79.9. The van der Waals surface area contributed by atoms with Gasteiger partial charge in [0.25, 0.3) is 0 Å². The minimum atomic E-state index is -0.881. The van der Waals surface area contributed by atoms with E-state index in [-0.39, 0.29) is 6.04 Å². The van der Waals surface area contributed by atoms with E-state index in [9.17, 15) is 4.79 Å². The van der Waals surface area contributed by atoms with Crippen LogP contribution in [0.5, 0.6) is 0 Å². The highest BCUT2D eigenvalue weighted by Gasteiger charge is 2.31. The molecule has 1 amide bonds. The molecule has 0 radical (unpaired) electrons. The minimum Gasteiger partial charge on any atom is -0.465 e. The number of nitrogens with zero attached hydrogens (tertiary/aromatic N) is 4. The first-order chi connectivity index (χ1) is 8.65. The fourth-order valence-corrected chi connectivity index (χ4v) is 2.68. The zero-order valence-corrected chi connectivity index (χ0v) is 11.0. The Hall–Kier alpha value is -1.63. The summed E-state index contributed by atoms with van der Waals surface area (Å²) in [5, 5.41) is 9.14. The van der Waals surface area contributed by atoms with Crippen LogP contribution in [-0.2, 0) is 0 Å². The average molecular weight is 311 g/mol. The van der Waals surface area contributed by atoms with E-state index in [1.165, 1.54) is 4.90 Å². The molecule has 18 heavy (non-hydrogen) atoms. The third-order valence-electron chi connectivity index (χ3n) is 3.17. The van der Waals surface area contributed by atoms with Crippen molar-refractivity contribution in [1.29, 1.82) is 0 Å². The van der Waals surface area contributed by atoms with E-state index in [0.717, 1.165) is 28.8 Å². The number of hydrogen-bond donors (Lipinski definition) is 1. The Kier molecular flexibility index (Phi) is 2.70. The second-order valence-electron chi connectivity index (χ2n) is 4.28. The summed E-state index contributed by atoms with van der Waals surface area (Å²) in [6.45, 7) is 0.579. The molecule has 0 saturated carbocycles. The Balaban J connectivity index is 2.01. The Morgan fingerprint density at radius 2 is 2.33 bits per heavy atom. The molecule has 2 aromatic heterocycles. The Morgan fingerprint density at radius 1 is 1.50 bits per heavy atom. The fraction of sp³-hybridized carbons (Fsp3) is 0.364. The SMILES string of the molecule is O=C(O)N1CCCC1c1cn2cc(Br)ncc2n1. The van der Waals surface area contributed by atoms with Gasteiger partial charge >= 0.3 is 6.09 Å². The first kappa shape index (κ1) is 11.5. The number of hydrogen-bond acceptors (Lipinski definition) is 3. The van der Waals surface area contributed by atoms with Gasteiger partial charge in [0.2, 0.25) is 0 Å². The van der Waals surface area contributed by atoms with Crippen LogP contribution >= 0.6 is 15.9 Å². The van der Waals surface area contributed by atoms with Gasteiger partial charge in [0.1, 0.15) is 4.60 Å². The maximum Gasteiger partial charge on any atom is 0.407 e. The van der Waals surface area contributed by atoms with E-state index in [1.54, 1.807) is 6.20 Å². The number of amides is 1. The molecule has 94 valence electrons. The molecule has 0 spiro atoms. The van der Waals surface area contributed by atoms with Gasteiger partial charge in [-0.3, -0.25) is 4.90 Å². The summed E-state index contributed by atoms with van der Waals surface area (Å²) < 4.78 is 2.57. The second kappa shape index (κ2) is 4.24. The van der Waals surface area contributed by atoms with E-state index in [0.29, 0.717) is 6.54 Å². The molecule has 6 nitrogen and oxygen atoms in total. The van der Waals surface area contributed by atoms with Crippen molar-refractivity contribution < 1.29 is 9.90 Å². The Morgan fingerprint density at radius 3 is 3.11 bits per heavy atom. The van der Waals surface area contributed by atoms with E-state index < -0.39 is 6.09 Å². The van der Waals surface area contributed by atoms with E-state index in [4.69, 9.17) is 5.11 Å². The van der Waals surface area contributed by atoms with Crippen LogP contribution in [-0.4, -0.2) is 37.0 Å². The predicted octanol–water partition coefficient (Wildman–Crippen LogP) is 2.31. The molecule has 0 aliphatic carbocycles. The van der Waals surface area contributed by atoms with Gasteiger partial charge in [-0.15, -0.1) is 0 Å². The number of halogens is 1. The largest absolute Gasteiger partial charge is 0.465 e. The maximum atomic E-state index is 11.1. The topological polar surface area (TPSA) is 70.7 Å². The normalized spacial score (nSPS) is 19.6. The van der Waals surface area contributed by atoms with Crippen molar-refractivity contribution in [2.45, 2.75) is 18.9 Å². The molecular formula is C11H11BrN4O2. The van der Waals surface area contributed by atoms with Crippen LogP contribution in [0.25, 0.3) is 5.65 Å². The predicted molar refractivity (Wildman–Crippen MR) is 67.4 cm³/mol. The molecule has 3 rings (SSSR count). The number of imidazole rings is 1. The highest BCUT2D eigenvalue weighted by molar-refractivity contribution is 9.10. The number of carboxylic acid groups (broad SMARTS) is 1. The highest BCUT2D eigenvalue weighted by Crippen LogP contribution is 2.31. The van der Waals surface area contributed by atoms with Crippen molar-refractivity contribution in [3.8, 4) is 0 Å². The first-order valence-electron chi connectivity index (χ1n) is 5.65. The van der Waals surface area contributed by atoms with Crippen molar-refractivity contribution in [2.75, 3.05) is 6.54 Å². The third kappa shape index (κ3) is 1.84. The van der Waals surface area contributed by atoms with Gasteiger partial charge in [-0.05, 0) is 28.8 Å². The smallest absolute Gasteiger partial charge is 0.407 e. The van der Waals surface area contributed by atoms with Crippen LogP contribution in [0.4, 0.5) is 4.79 Å². The first-order valence-corrected chi connectivity index (χ1v) is 6.44. The molecule has 1 aliphatic rings. The van der Waals surface area contributed by atoms with Gasteiger partial charge in [0.15, 0.2) is 5.65 Å². The molecule has 0 aromatic carbocycles. The summed E-state index contributed by atoms with van der Waals surface area (Å²) >= 11 is 3.30. The van der Waals surface area contributed by atoms with Crippen LogP contribution in [0.15, 0.2) is 23.2 Å². The van der Waals surface area contributed by atoms with Gasteiger partial charge in [0, 0.05) is 18.9 Å². The lowest BCUT2D eigenvalue weighted by molar-refractivity contribution is 0.139. The molecule has 1 N–H and O–H groups in total. The zero-order valence-electron chi connectivity index (χ0n) is 9.45. The van der Waals surface area contributed by atoms with E-state index in [2.05, 4.69) is 25.9 Å². The van der Waals surface area contributed by atoms with Crippen molar-refractivity contribution in [1.82, 2.24) is 19.3 Å². The maximum absolute atomic E-state index is 11.1. The standard InChI is InChI=1S/C11H11BrN4O2/c12-9-6-15-5-7(14-10(15)4-13-9)8-2-1-3-16(8)11(17)18/h4-6,8H,1-3H2,(H,17,18). The van der Waals surface area contributed by atoms with Crippen molar-refractivity contribution in [3.05, 3.63) is 28.9 Å². The lowest BCUT2D eigenvalue weighted by Crippen LogP contribution is -2.28. The van der Waals surface area contributed by atoms with Gasteiger partial charge in [-0.2, -0.15) is 0 Å². The van der Waals surface area contributed by atoms with Crippen LogP contribution in [0.1, 0.15) is 24.6 Å². The zero-order chi connectivity index (χ0) is 12.7. The van der Waals surface area contributed by atoms with Gasteiger partial charge in [-0.1, -0.05) is 0 Å². The number of aromatic nitrogens is 3. The summed E-state index contributed by atoms with van der Waals surface area (Å²) in [4.78, 5) is 21.1. The van der Waals surface area contributed by atoms with Crippen molar-refractivity contribution >= 4 is 27.7 Å². The lowest BCUT2D eigenvalue weighted by Gasteiger charge is -2.19. The number of fused-ring (bicyclic) bond motifs is 1. The summed E-state index contributed by atoms with van der Waals surface area (Å²) in [6.07, 6.45) is 6.17. The molecule has 1 atom stereocenters. The monoisotopic (exact) mass is 310 g/mol. The van der Waals surface area contributed by atoms with Crippen LogP contribution in [0.3, 0.4) is 0 Å². The average Bonchev–Trinajstić information content (AvgIpc) is 2.93. The molecule has 1 fully saturated rings. The van der Waals surface area contributed by atoms with Crippen molar-refractivity contribution in [3.63, 3.8) is 0 Å². The van der Waals surface area contributed by atoms with Crippen LogP contribution < -0.4 is 0 Å². The van der Waals surface area contributed by atoms with Gasteiger partial charge in [-0.25, -0.2) is 14.8 Å².